The number of aryl methyl sites for hydroxylation is 1. The average molecular weight is 463 g/mol. The van der Waals surface area contributed by atoms with Gasteiger partial charge in [-0.1, -0.05) is 0 Å². The van der Waals surface area contributed by atoms with Gasteiger partial charge in [0.05, 0.1) is 4.47 Å². The van der Waals surface area contributed by atoms with Crippen LogP contribution in [-0.4, -0.2) is 20.2 Å². The molecule has 4 nitrogen and oxygen atoms in total. The van der Waals surface area contributed by atoms with E-state index in [0.717, 1.165) is 0 Å². The van der Waals surface area contributed by atoms with Gasteiger partial charge < -0.3 is 10.2 Å². The summed E-state index contributed by atoms with van der Waals surface area (Å²) in [6.45, 7) is 1.79. The Kier molecular flexibility index (Phi) is 3.38. The van der Waals surface area contributed by atoms with Crippen molar-refractivity contribution in [2.75, 3.05) is 0 Å². The Morgan fingerprint density at radius 3 is 1.85 bits per heavy atom. The predicted molar refractivity (Wildman–Crippen MR) is 88.2 cm³/mol. The summed E-state index contributed by atoms with van der Waals surface area (Å²) in [4.78, 5) is 8.85. The third kappa shape index (κ3) is 1.99. The van der Waals surface area contributed by atoms with Gasteiger partial charge in [0.15, 0.2) is 5.75 Å². The second-order valence-electron chi connectivity index (χ2n) is 4.33. The van der Waals surface area contributed by atoms with Crippen molar-refractivity contribution < 1.29 is 10.2 Å². The third-order valence-electron chi connectivity index (χ3n) is 2.99. The molecular formula is C13H7Br3N2O2. The molecule has 0 amide bonds. The fourth-order valence-electron chi connectivity index (χ4n) is 1.97. The van der Waals surface area contributed by atoms with Crippen molar-refractivity contribution in [1.29, 1.82) is 0 Å². The highest BCUT2D eigenvalue weighted by Crippen LogP contribution is 2.39. The van der Waals surface area contributed by atoms with Crippen LogP contribution in [0.5, 0.6) is 11.5 Å². The molecule has 3 rings (SSSR count). The van der Waals surface area contributed by atoms with E-state index in [0.29, 0.717) is 41.0 Å². The van der Waals surface area contributed by atoms with E-state index in [2.05, 4.69) is 57.8 Å². The molecule has 2 N–H and O–H groups in total. The lowest BCUT2D eigenvalue weighted by Gasteiger charge is -2.09. The Morgan fingerprint density at radius 1 is 0.750 bits per heavy atom. The first-order chi connectivity index (χ1) is 9.40. The predicted octanol–water partition coefficient (Wildman–Crippen LogP) is 4.79. The van der Waals surface area contributed by atoms with Gasteiger partial charge in [-0.2, -0.15) is 0 Å². The van der Waals surface area contributed by atoms with Crippen molar-refractivity contribution >= 4 is 69.9 Å². The second-order valence-corrected chi connectivity index (χ2v) is 6.89. The normalized spacial score (nSPS) is 11.4. The summed E-state index contributed by atoms with van der Waals surface area (Å²) < 4.78 is 1.93. The van der Waals surface area contributed by atoms with Crippen molar-refractivity contribution in [2.45, 2.75) is 6.92 Å². The molecule has 2 aromatic carbocycles. The molecule has 0 aliphatic carbocycles. The third-order valence-corrected chi connectivity index (χ3v) is 4.81. The smallest absolute Gasteiger partial charge is 0.157 e. The van der Waals surface area contributed by atoms with Crippen molar-refractivity contribution in [3.63, 3.8) is 0 Å². The van der Waals surface area contributed by atoms with Gasteiger partial charge in [0.2, 0.25) is 0 Å². The van der Waals surface area contributed by atoms with Crippen LogP contribution in [0, 0.1) is 6.92 Å². The number of hydrogen-bond acceptors (Lipinski definition) is 4. The fourth-order valence-corrected chi connectivity index (χ4v) is 3.82. The van der Waals surface area contributed by atoms with Crippen LogP contribution in [0.15, 0.2) is 25.6 Å². The fraction of sp³-hybridized carbons (Fsp3) is 0.0769. The first-order valence-corrected chi connectivity index (χ1v) is 7.94. The highest BCUT2D eigenvalue weighted by Gasteiger charge is 2.16. The number of phenols is 2. The van der Waals surface area contributed by atoms with Gasteiger partial charge in [0, 0.05) is 8.95 Å². The van der Waals surface area contributed by atoms with Crippen LogP contribution in [0.25, 0.3) is 22.1 Å². The molecule has 0 saturated heterocycles. The van der Waals surface area contributed by atoms with E-state index in [4.69, 9.17) is 0 Å². The number of benzene rings is 2. The Balaban J connectivity index is 2.60. The summed E-state index contributed by atoms with van der Waals surface area (Å²) in [6, 6.07) is 3.46. The molecular weight excluding hydrogens is 456 g/mol. The maximum absolute atomic E-state index is 10.1. The minimum atomic E-state index is 0.0181. The maximum Gasteiger partial charge on any atom is 0.157 e. The average Bonchev–Trinajstić information content (AvgIpc) is 2.41. The number of phenolic OH excluding ortho intramolecular Hbond substituents is 2. The zero-order chi connectivity index (χ0) is 14.6. The maximum atomic E-state index is 10.1. The largest absolute Gasteiger partial charge is 0.505 e. The lowest BCUT2D eigenvalue weighted by atomic mass is 10.1. The lowest BCUT2D eigenvalue weighted by Crippen LogP contribution is -1.92. The standard InChI is InChI=1S/C13H7Br3N2O2/c1-4-2-5(14)8-10(12(4)19)17-9-6(15)3-7(16)13(20)11(9)18-8/h2-3,19-20H,1H3. The van der Waals surface area contributed by atoms with Crippen LogP contribution in [0.2, 0.25) is 0 Å². The summed E-state index contributed by atoms with van der Waals surface area (Å²) in [6.07, 6.45) is 0. The molecule has 0 aliphatic heterocycles. The zero-order valence-electron chi connectivity index (χ0n) is 10.1. The minimum Gasteiger partial charge on any atom is -0.505 e. The van der Waals surface area contributed by atoms with Crippen molar-refractivity contribution in [3.05, 3.63) is 31.1 Å². The van der Waals surface area contributed by atoms with E-state index >= 15 is 0 Å². The quantitative estimate of drug-likeness (QED) is 0.471. The number of hydrogen-bond donors (Lipinski definition) is 2. The highest BCUT2D eigenvalue weighted by molar-refractivity contribution is 9.11. The molecule has 20 heavy (non-hydrogen) atoms. The Hall–Kier alpha value is -0.920. The first kappa shape index (κ1) is 14.0. The van der Waals surface area contributed by atoms with Gasteiger partial charge in [-0.05, 0) is 72.4 Å². The Bertz CT molecular complexity index is 807. The minimum absolute atomic E-state index is 0.0181. The number of rotatable bonds is 0. The molecule has 0 unspecified atom stereocenters. The summed E-state index contributed by atoms with van der Waals surface area (Å²) in [5, 5.41) is 20.3. The van der Waals surface area contributed by atoms with Crippen LogP contribution in [0.4, 0.5) is 0 Å². The highest BCUT2D eigenvalue weighted by atomic mass is 79.9. The van der Waals surface area contributed by atoms with Gasteiger partial charge in [-0.25, -0.2) is 9.97 Å². The van der Waals surface area contributed by atoms with Gasteiger partial charge in [-0.3, -0.25) is 0 Å². The molecule has 0 bridgehead atoms. The van der Waals surface area contributed by atoms with Crippen LogP contribution in [0.1, 0.15) is 5.56 Å². The molecule has 0 radical (unpaired) electrons. The van der Waals surface area contributed by atoms with E-state index < -0.39 is 0 Å². The molecule has 0 fully saturated rings. The molecule has 0 saturated carbocycles. The van der Waals surface area contributed by atoms with Crippen LogP contribution >= 0.6 is 47.8 Å². The summed E-state index contributed by atoms with van der Waals surface area (Å²) in [5.74, 6) is 0.108. The molecule has 102 valence electrons. The van der Waals surface area contributed by atoms with E-state index in [1.165, 1.54) is 0 Å². The lowest BCUT2D eigenvalue weighted by molar-refractivity contribution is 0.474. The van der Waals surface area contributed by atoms with Gasteiger partial charge in [0.25, 0.3) is 0 Å². The zero-order valence-corrected chi connectivity index (χ0v) is 14.8. The molecule has 0 atom stereocenters. The Morgan fingerprint density at radius 2 is 1.25 bits per heavy atom. The summed E-state index contributed by atoms with van der Waals surface area (Å²) in [7, 11) is 0. The van der Waals surface area contributed by atoms with Crippen molar-refractivity contribution in [3.8, 4) is 11.5 Å². The van der Waals surface area contributed by atoms with E-state index in [9.17, 15) is 10.2 Å². The molecule has 1 heterocycles. The van der Waals surface area contributed by atoms with Crippen LogP contribution < -0.4 is 0 Å². The molecule has 3 aromatic rings. The molecule has 0 spiro atoms. The van der Waals surface area contributed by atoms with Crippen LogP contribution in [0.3, 0.4) is 0 Å². The molecule has 1 aromatic heterocycles. The number of aromatic nitrogens is 2. The molecule has 7 heteroatoms. The second kappa shape index (κ2) is 4.82. The first-order valence-electron chi connectivity index (χ1n) is 5.56. The number of aromatic hydroxyl groups is 2. The van der Waals surface area contributed by atoms with E-state index in [1.807, 2.05) is 0 Å². The molecule has 0 aliphatic rings. The SMILES string of the molecule is Cc1cc(Br)c2nc3c(O)c(Br)cc(Br)c3nc2c1O. The summed E-state index contributed by atoms with van der Waals surface area (Å²) >= 11 is 10.1. The topological polar surface area (TPSA) is 66.2 Å². The monoisotopic (exact) mass is 460 g/mol. The number of fused-ring (bicyclic) bond motifs is 2. The number of halogens is 3. The van der Waals surface area contributed by atoms with Gasteiger partial charge >= 0.3 is 0 Å². The van der Waals surface area contributed by atoms with E-state index in [1.54, 1.807) is 19.1 Å². The van der Waals surface area contributed by atoms with Gasteiger partial charge in [-0.15, -0.1) is 0 Å². The number of nitrogens with zero attached hydrogens (tertiary/aromatic N) is 2. The van der Waals surface area contributed by atoms with Crippen molar-refractivity contribution in [1.82, 2.24) is 9.97 Å². The van der Waals surface area contributed by atoms with Crippen molar-refractivity contribution in [2.24, 2.45) is 0 Å². The summed E-state index contributed by atoms with van der Waals surface area (Å²) in [5.41, 5.74) is 2.46. The van der Waals surface area contributed by atoms with Crippen LogP contribution in [-0.2, 0) is 0 Å². The van der Waals surface area contributed by atoms with Gasteiger partial charge in [0.1, 0.15) is 27.8 Å². The Labute approximate surface area is 139 Å². The van der Waals surface area contributed by atoms with E-state index in [-0.39, 0.29) is 11.5 Å².